The first-order valence-corrected chi connectivity index (χ1v) is 17.5. The van der Waals surface area contributed by atoms with Crippen molar-refractivity contribution in [2.24, 2.45) is 0 Å². The van der Waals surface area contributed by atoms with Crippen LogP contribution >= 0.6 is 0 Å². The van der Waals surface area contributed by atoms with Crippen molar-refractivity contribution in [3.05, 3.63) is 143 Å². The Balaban J connectivity index is 1.07. The largest absolute Gasteiger partial charge is 0.493 e. The van der Waals surface area contributed by atoms with Crippen molar-refractivity contribution in [1.82, 2.24) is 14.5 Å². The quantitative estimate of drug-likeness (QED) is 0.124. The van der Waals surface area contributed by atoms with Crippen molar-refractivity contribution in [3.63, 3.8) is 0 Å². The molecule has 0 spiro atoms. The van der Waals surface area contributed by atoms with Crippen LogP contribution in [0, 0.1) is 5.82 Å². The van der Waals surface area contributed by atoms with E-state index in [1.54, 1.807) is 43.8 Å². The number of nitrogens with one attached hydrogen (secondary N) is 1. The molecule has 1 aliphatic rings. The van der Waals surface area contributed by atoms with Gasteiger partial charge in [-0.05, 0) is 53.4 Å². The standard InChI is InChI=1S/C42H39FN4O6/c1-50-39-25-33-36(26-40(39)52-20-8-17-46-18-21-51-22-19-46)44-16-15-37(33)53-38-14-13-32(24-35(38)43)45-41(48)34-23-31(30-11-6-3-7-12-30)28-47(42(34)49)27-29-9-4-2-5-10-29/h2-7,9-16,23-26,28H,8,17-22,27H2,1H3,(H,45,48). The summed E-state index contributed by atoms with van der Waals surface area (Å²) >= 11 is 0. The first-order valence-electron chi connectivity index (χ1n) is 17.5. The molecule has 1 N–H and O–H groups in total. The van der Waals surface area contributed by atoms with Gasteiger partial charge in [0, 0.05) is 55.2 Å². The molecule has 53 heavy (non-hydrogen) atoms. The summed E-state index contributed by atoms with van der Waals surface area (Å²) in [5.74, 6) is -0.0133. The third kappa shape index (κ3) is 8.54. The lowest BCUT2D eigenvalue weighted by Gasteiger charge is -2.26. The van der Waals surface area contributed by atoms with Crippen LogP contribution in [-0.2, 0) is 11.3 Å². The SMILES string of the molecule is COc1cc2c(Oc3ccc(NC(=O)c4cc(-c5ccccc5)cn(Cc5ccccc5)c4=O)cc3F)ccnc2cc1OCCCN1CCOCC1. The number of hydrogen-bond acceptors (Lipinski definition) is 8. The van der Waals surface area contributed by atoms with Gasteiger partial charge in [0.25, 0.3) is 11.5 Å². The highest BCUT2D eigenvalue weighted by Gasteiger charge is 2.19. The molecular formula is C42H39FN4O6. The number of amides is 1. The number of pyridine rings is 2. The summed E-state index contributed by atoms with van der Waals surface area (Å²) in [6, 6.07) is 29.9. The first kappa shape index (κ1) is 35.4. The highest BCUT2D eigenvalue weighted by Crippen LogP contribution is 2.38. The van der Waals surface area contributed by atoms with E-state index in [0.717, 1.165) is 56.5 Å². The van der Waals surface area contributed by atoms with Crippen molar-refractivity contribution in [2.75, 3.05) is 51.9 Å². The number of hydrogen-bond donors (Lipinski definition) is 1. The second kappa shape index (κ2) is 16.5. The third-order valence-corrected chi connectivity index (χ3v) is 9.01. The van der Waals surface area contributed by atoms with Gasteiger partial charge in [-0.1, -0.05) is 60.7 Å². The minimum absolute atomic E-state index is 0.0609. The Kier molecular flexibility index (Phi) is 11.0. The van der Waals surface area contributed by atoms with Gasteiger partial charge >= 0.3 is 0 Å². The van der Waals surface area contributed by atoms with E-state index in [1.807, 2.05) is 60.7 Å². The molecule has 0 atom stereocenters. The van der Waals surface area contributed by atoms with Crippen molar-refractivity contribution < 1.29 is 28.1 Å². The van der Waals surface area contributed by atoms with E-state index >= 15 is 4.39 Å². The molecule has 4 aromatic carbocycles. The van der Waals surface area contributed by atoms with Crippen LogP contribution in [0.5, 0.6) is 23.0 Å². The van der Waals surface area contributed by atoms with Gasteiger partial charge in [-0.15, -0.1) is 0 Å². The molecule has 10 nitrogen and oxygen atoms in total. The van der Waals surface area contributed by atoms with Crippen LogP contribution in [0.25, 0.3) is 22.0 Å². The Labute approximate surface area is 306 Å². The molecule has 0 unspecified atom stereocenters. The molecule has 1 fully saturated rings. The fourth-order valence-corrected chi connectivity index (χ4v) is 6.25. The molecule has 0 bridgehead atoms. The van der Waals surface area contributed by atoms with Gasteiger partial charge in [-0.25, -0.2) is 4.39 Å². The second-order valence-corrected chi connectivity index (χ2v) is 12.6. The summed E-state index contributed by atoms with van der Waals surface area (Å²) in [4.78, 5) is 34.0. The van der Waals surface area contributed by atoms with E-state index in [4.69, 9.17) is 18.9 Å². The van der Waals surface area contributed by atoms with Crippen LogP contribution in [-0.4, -0.2) is 66.9 Å². The monoisotopic (exact) mass is 714 g/mol. The molecule has 1 amide bonds. The van der Waals surface area contributed by atoms with Gasteiger partial charge in [0.05, 0.1) is 39.0 Å². The summed E-state index contributed by atoms with van der Waals surface area (Å²) in [6.45, 7) is 5.05. The summed E-state index contributed by atoms with van der Waals surface area (Å²) in [5, 5.41) is 3.30. The minimum Gasteiger partial charge on any atom is -0.493 e. The number of benzene rings is 4. The predicted octanol–water partition coefficient (Wildman–Crippen LogP) is 7.41. The van der Waals surface area contributed by atoms with E-state index in [0.29, 0.717) is 40.3 Å². The molecule has 0 saturated carbocycles. The normalized spacial score (nSPS) is 13.1. The molecule has 0 aliphatic carbocycles. The maximum Gasteiger partial charge on any atom is 0.263 e. The highest BCUT2D eigenvalue weighted by molar-refractivity contribution is 6.04. The van der Waals surface area contributed by atoms with E-state index in [1.165, 1.54) is 16.7 Å². The number of carbonyl (C=O) groups is 1. The molecule has 3 heterocycles. The zero-order valence-electron chi connectivity index (χ0n) is 29.3. The highest BCUT2D eigenvalue weighted by atomic mass is 19.1. The fourth-order valence-electron chi connectivity index (χ4n) is 6.25. The summed E-state index contributed by atoms with van der Waals surface area (Å²) < 4.78 is 40.2. The average Bonchev–Trinajstić information content (AvgIpc) is 3.19. The van der Waals surface area contributed by atoms with Gasteiger partial charge in [-0.3, -0.25) is 19.5 Å². The number of methoxy groups -OCH3 is 1. The Bertz CT molecular complexity index is 2260. The fraction of sp³-hybridized carbons (Fsp3) is 0.214. The molecule has 0 radical (unpaired) electrons. The van der Waals surface area contributed by atoms with Crippen LogP contribution in [0.15, 0.2) is 120 Å². The Morgan fingerprint density at radius 2 is 1.64 bits per heavy atom. The van der Waals surface area contributed by atoms with Crippen LogP contribution in [0.2, 0.25) is 0 Å². The molecule has 270 valence electrons. The van der Waals surface area contributed by atoms with Gasteiger partial charge in [0.2, 0.25) is 0 Å². The van der Waals surface area contributed by atoms with E-state index < -0.39 is 17.3 Å². The lowest BCUT2D eigenvalue weighted by molar-refractivity contribution is 0.0357. The Hall–Kier alpha value is -6.04. The van der Waals surface area contributed by atoms with Crippen molar-refractivity contribution >= 4 is 22.5 Å². The molecule has 6 aromatic rings. The van der Waals surface area contributed by atoms with Crippen molar-refractivity contribution in [3.8, 4) is 34.1 Å². The summed E-state index contributed by atoms with van der Waals surface area (Å²) in [6.07, 6.45) is 4.17. The number of nitrogens with zero attached hydrogens (tertiary/aromatic N) is 3. The van der Waals surface area contributed by atoms with Gasteiger partial charge in [0.1, 0.15) is 11.3 Å². The van der Waals surface area contributed by atoms with E-state index in [-0.39, 0.29) is 23.5 Å². The lowest BCUT2D eigenvalue weighted by Crippen LogP contribution is -2.37. The zero-order valence-corrected chi connectivity index (χ0v) is 29.3. The van der Waals surface area contributed by atoms with Crippen molar-refractivity contribution in [2.45, 2.75) is 13.0 Å². The maximum atomic E-state index is 15.6. The predicted molar refractivity (Wildman–Crippen MR) is 202 cm³/mol. The number of anilines is 1. The van der Waals surface area contributed by atoms with Gasteiger partial charge < -0.3 is 28.8 Å². The lowest BCUT2D eigenvalue weighted by atomic mass is 10.0. The summed E-state index contributed by atoms with van der Waals surface area (Å²) in [5.41, 5.74) is 2.68. The molecular weight excluding hydrogens is 675 g/mol. The molecule has 1 saturated heterocycles. The smallest absolute Gasteiger partial charge is 0.263 e. The van der Waals surface area contributed by atoms with Crippen molar-refractivity contribution in [1.29, 1.82) is 0 Å². The Morgan fingerprint density at radius 3 is 2.40 bits per heavy atom. The van der Waals surface area contributed by atoms with Gasteiger partial charge in [0.15, 0.2) is 23.1 Å². The average molecular weight is 715 g/mol. The number of fused-ring (bicyclic) bond motifs is 1. The van der Waals surface area contributed by atoms with Crippen LogP contribution in [0.4, 0.5) is 10.1 Å². The molecule has 11 heteroatoms. The first-order chi connectivity index (χ1) is 25.9. The van der Waals surface area contributed by atoms with Gasteiger partial charge in [-0.2, -0.15) is 0 Å². The Morgan fingerprint density at radius 1 is 0.868 bits per heavy atom. The van der Waals surface area contributed by atoms with Crippen LogP contribution < -0.4 is 25.1 Å². The van der Waals surface area contributed by atoms with E-state index in [9.17, 15) is 9.59 Å². The molecule has 2 aromatic heterocycles. The molecule has 1 aliphatic heterocycles. The number of carbonyl (C=O) groups excluding carboxylic acids is 1. The second-order valence-electron chi connectivity index (χ2n) is 12.6. The van der Waals surface area contributed by atoms with Crippen LogP contribution in [0.1, 0.15) is 22.3 Å². The molecule has 7 rings (SSSR count). The maximum absolute atomic E-state index is 15.6. The number of morpholine rings is 1. The van der Waals surface area contributed by atoms with E-state index in [2.05, 4.69) is 15.2 Å². The minimum atomic E-state index is -0.709. The number of aromatic nitrogens is 2. The zero-order chi connectivity index (χ0) is 36.6. The summed E-state index contributed by atoms with van der Waals surface area (Å²) in [7, 11) is 1.56. The third-order valence-electron chi connectivity index (χ3n) is 9.01. The number of ether oxygens (including phenoxy) is 4. The van der Waals surface area contributed by atoms with Crippen LogP contribution in [0.3, 0.4) is 0 Å². The number of rotatable bonds is 13. The number of halogens is 1. The topological polar surface area (TPSA) is 104 Å².